The minimum atomic E-state index is 0.158. The van der Waals surface area contributed by atoms with Gasteiger partial charge in [-0.3, -0.25) is 4.79 Å². The van der Waals surface area contributed by atoms with Crippen LogP contribution < -0.4 is 0 Å². The SMILES string of the molecule is Cc1ccccc1C1CCCN1C(=O)c1ccccc1I. The third-order valence-corrected chi connectivity index (χ3v) is 5.11. The predicted octanol–water partition coefficient (Wildman–Crippen LogP) is 4.58. The van der Waals surface area contributed by atoms with Gasteiger partial charge in [0.1, 0.15) is 0 Å². The second kappa shape index (κ2) is 6.18. The number of rotatable bonds is 2. The highest BCUT2D eigenvalue weighted by Crippen LogP contribution is 2.35. The molecule has 1 fully saturated rings. The molecule has 3 heteroatoms. The molecule has 0 radical (unpaired) electrons. The Morgan fingerprint density at radius 2 is 1.86 bits per heavy atom. The lowest BCUT2D eigenvalue weighted by molar-refractivity contribution is 0.0734. The van der Waals surface area contributed by atoms with Gasteiger partial charge in [-0.25, -0.2) is 0 Å². The summed E-state index contributed by atoms with van der Waals surface area (Å²) in [6, 6.07) is 16.5. The van der Waals surface area contributed by atoms with E-state index in [2.05, 4.69) is 53.8 Å². The molecule has 2 aromatic rings. The number of carbonyl (C=O) groups excluding carboxylic acids is 1. The minimum absolute atomic E-state index is 0.158. The van der Waals surface area contributed by atoms with Gasteiger partial charge in [-0.2, -0.15) is 0 Å². The van der Waals surface area contributed by atoms with E-state index in [1.807, 2.05) is 29.2 Å². The van der Waals surface area contributed by atoms with Crippen molar-refractivity contribution in [3.8, 4) is 0 Å². The van der Waals surface area contributed by atoms with Gasteiger partial charge in [0.2, 0.25) is 0 Å². The summed E-state index contributed by atoms with van der Waals surface area (Å²) in [5, 5.41) is 0. The molecule has 0 aliphatic carbocycles. The molecule has 0 spiro atoms. The second-order valence-corrected chi connectivity index (χ2v) is 6.66. The smallest absolute Gasteiger partial charge is 0.255 e. The lowest BCUT2D eigenvalue weighted by Gasteiger charge is -2.26. The highest BCUT2D eigenvalue weighted by Gasteiger charge is 2.31. The Morgan fingerprint density at radius 3 is 2.62 bits per heavy atom. The lowest BCUT2D eigenvalue weighted by Crippen LogP contribution is -2.31. The molecule has 3 rings (SSSR count). The van der Waals surface area contributed by atoms with Crippen LogP contribution in [-0.4, -0.2) is 17.4 Å². The number of benzene rings is 2. The van der Waals surface area contributed by atoms with E-state index in [-0.39, 0.29) is 11.9 Å². The first kappa shape index (κ1) is 14.6. The van der Waals surface area contributed by atoms with Gasteiger partial charge in [-0.15, -0.1) is 0 Å². The van der Waals surface area contributed by atoms with Crippen LogP contribution in [0.3, 0.4) is 0 Å². The molecular formula is C18H18INO. The van der Waals surface area contributed by atoms with Crippen LogP contribution in [0.15, 0.2) is 48.5 Å². The molecule has 108 valence electrons. The maximum Gasteiger partial charge on any atom is 0.255 e. The van der Waals surface area contributed by atoms with Crippen molar-refractivity contribution in [3.63, 3.8) is 0 Å². The van der Waals surface area contributed by atoms with Crippen LogP contribution >= 0.6 is 22.6 Å². The largest absolute Gasteiger partial charge is 0.332 e. The number of likely N-dealkylation sites (tertiary alicyclic amines) is 1. The Kier molecular flexibility index (Phi) is 4.29. The fourth-order valence-corrected chi connectivity index (χ4v) is 3.70. The van der Waals surface area contributed by atoms with Gasteiger partial charge >= 0.3 is 0 Å². The van der Waals surface area contributed by atoms with Crippen LogP contribution in [0.1, 0.15) is 40.4 Å². The Morgan fingerprint density at radius 1 is 1.14 bits per heavy atom. The van der Waals surface area contributed by atoms with Crippen LogP contribution in [0.5, 0.6) is 0 Å². The van der Waals surface area contributed by atoms with Crippen molar-refractivity contribution < 1.29 is 4.79 Å². The molecule has 0 N–H and O–H groups in total. The van der Waals surface area contributed by atoms with Crippen molar-refractivity contribution in [1.29, 1.82) is 0 Å². The Hall–Kier alpha value is -1.36. The number of nitrogens with zero attached hydrogens (tertiary/aromatic N) is 1. The molecule has 1 aliphatic rings. The van der Waals surface area contributed by atoms with E-state index in [0.29, 0.717) is 0 Å². The number of aryl methyl sites for hydroxylation is 1. The molecule has 1 aliphatic heterocycles. The zero-order valence-electron chi connectivity index (χ0n) is 12.1. The van der Waals surface area contributed by atoms with Gasteiger partial charge in [-0.05, 0) is 65.6 Å². The summed E-state index contributed by atoms with van der Waals surface area (Å²) >= 11 is 2.24. The monoisotopic (exact) mass is 391 g/mol. The lowest BCUT2D eigenvalue weighted by atomic mass is 9.99. The molecule has 1 unspecified atom stereocenters. The number of carbonyl (C=O) groups is 1. The van der Waals surface area contributed by atoms with Gasteiger partial charge in [0.25, 0.3) is 5.91 Å². The van der Waals surface area contributed by atoms with E-state index < -0.39 is 0 Å². The fraction of sp³-hybridized carbons (Fsp3) is 0.278. The summed E-state index contributed by atoms with van der Waals surface area (Å²) in [4.78, 5) is 14.9. The van der Waals surface area contributed by atoms with Crippen molar-refractivity contribution in [3.05, 3.63) is 68.8 Å². The van der Waals surface area contributed by atoms with Crippen molar-refractivity contribution in [2.45, 2.75) is 25.8 Å². The number of hydrogen-bond acceptors (Lipinski definition) is 1. The van der Waals surface area contributed by atoms with E-state index in [0.717, 1.165) is 28.5 Å². The highest BCUT2D eigenvalue weighted by molar-refractivity contribution is 14.1. The zero-order chi connectivity index (χ0) is 14.8. The van der Waals surface area contributed by atoms with Crippen LogP contribution in [-0.2, 0) is 0 Å². The average molecular weight is 391 g/mol. The Balaban J connectivity index is 1.93. The zero-order valence-corrected chi connectivity index (χ0v) is 14.2. The van der Waals surface area contributed by atoms with Crippen LogP contribution in [0, 0.1) is 10.5 Å². The topological polar surface area (TPSA) is 20.3 Å². The number of hydrogen-bond donors (Lipinski definition) is 0. The van der Waals surface area contributed by atoms with E-state index in [1.54, 1.807) is 0 Å². The summed E-state index contributed by atoms with van der Waals surface area (Å²) in [6.07, 6.45) is 2.13. The summed E-state index contributed by atoms with van der Waals surface area (Å²) in [6.45, 7) is 2.98. The molecule has 1 saturated heterocycles. The van der Waals surface area contributed by atoms with Crippen LogP contribution in [0.2, 0.25) is 0 Å². The Bertz CT molecular complexity index is 668. The molecular weight excluding hydrogens is 373 g/mol. The normalized spacial score (nSPS) is 18.0. The second-order valence-electron chi connectivity index (χ2n) is 5.49. The number of amides is 1. The molecule has 21 heavy (non-hydrogen) atoms. The van der Waals surface area contributed by atoms with Crippen molar-refractivity contribution in [2.24, 2.45) is 0 Å². The maximum atomic E-state index is 12.9. The number of halogens is 1. The molecule has 0 saturated carbocycles. The summed E-state index contributed by atoms with van der Waals surface area (Å²) < 4.78 is 1.02. The minimum Gasteiger partial charge on any atom is -0.332 e. The first-order chi connectivity index (χ1) is 10.2. The molecule has 1 heterocycles. The maximum absolute atomic E-state index is 12.9. The van der Waals surface area contributed by atoms with Crippen molar-refractivity contribution >= 4 is 28.5 Å². The predicted molar refractivity (Wildman–Crippen MR) is 93.3 cm³/mol. The van der Waals surface area contributed by atoms with E-state index in [1.165, 1.54) is 11.1 Å². The first-order valence-corrected chi connectivity index (χ1v) is 8.37. The third kappa shape index (κ3) is 2.84. The fourth-order valence-electron chi connectivity index (χ4n) is 3.08. The van der Waals surface area contributed by atoms with Gasteiger partial charge in [0, 0.05) is 10.1 Å². The Labute approximate surface area is 139 Å². The first-order valence-electron chi connectivity index (χ1n) is 7.29. The molecule has 2 nitrogen and oxygen atoms in total. The molecule has 1 atom stereocenters. The summed E-state index contributed by atoms with van der Waals surface area (Å²) in [7, 11) is 0. The third-order valence-electron chi connectivity index (χ3n) is 4.17. The van der Waals surface area contributed by atoms with E-state index in [4.69, 9.17) is 0 Å². The average Bonchev–Trinajstić information content (AvgIpc) is 2.97. The van der Waals surface area contributed by atoms with Crippen LogP contribution in [0.25, 0.3) is 0 Å². The van der Waals surface area contributed by atoms with E-state index >= 15 is 0 Å². The highest BCUT2D eigenvalue weighted by atomic mass is 127. The summed E-state index contributed by atoms with van der Waals surface area (Å²) in [5.74, 6) is 0.158. The summed E-state index contributed by atoms with van der Waals surface area (Å²) in [5.41, 5.74) is 3.37. The van der Waals surface area contributed by atoms with E-state index in [9.17, 15) is 4.79 Å². The standard InChI is InChI=1S/C18H18INO/c1-13-7-2-3-8-14(13)17-11-6-12-20(17)18(21)15-9-4-5-10-16(15)19/h2-5,7-10,17H,6,11-12H2,1H3. The molecule has 0 bridgehead atoms. The van der Waals surface area contributed by atoms with Gasteiger partial charge in [0.15, 0.2) is 0 Å². The van der Waals surface area contributed by atoms with Gasteiger partial charge in [0.05, 0.1) is 11.6 Å². The molecule has 0 aromatic heterocycles. The van der Waals surface area contributed by atoms with Gasteiger partial charge < -0.3 is 4.90 Å². The molecule has 2 aromatic carbocycles. The van der Waals surface area contributed by atoms with Gasteiger partial charge in [-0.1, -0.05) is 36.4 Å². The quantitative estimate of drug-likeness (QED) is 0.687. The van der Waals surface area contributed by atoms with Crippen LogP contribution in [0.4, 0.5) is 0 Å². The van der Waals surface area contributed by atoms with Crippen molar-refractivity contribution in [2.75, 3.05) is 6.54 Å². The molecule has 1 amide bonds. The van der Waals surface area contributed by atoms with Crippen molar-refractivity contribution in [1.82, 2.24) is 4.90 Å².